The zero-order valence-electron chi connectivity index (χ0n) is 16.4. The van der Waals surface area contributed by atoms with Gasteiger partial charge in [0, 0.05) is 0 Å². The number of carbonyl (C=O) groups excluding carboxylic acids is 2. The quantitative estimate of drug-likeness (QED) is 0.244. The molecule has 1 heterocycles. The lowest BCUT2D eigenvalue weighted by Gasteiger charge is -2.12. The summed E-state index contributed by atoms with van der Waals surface area (Å²) in [6.45, 7) is 2.63. The molecular weight excluding hydrogens is 398 g/mol. The van der Waals surface area contributed by atoms with Crippen LogP contribution in [0.5, 0.6) is 11.5 Å². The molecule has 1 aliphatic rings. The predicted molar refractivity (Wildman–Crippen MR) is 115 cm³/mol. The average Bonchev–Trinajstić information content (AvgIpc) is 2.95. The van der Waals surface area contributed by atoms with Gasteiger partial charge >= 0.3 is 5.97 Å². The molecule has 1 amide bonds. The zero-order valence-corrected chi connectivity index (χ0v) is 18.0. The third-order valence-electron chi connectivity index (χ3n) is 4.13. The Morgan fingerprint density at radius 1 is 1.21 bits per heavy atom. The third-order valence-corrected chi connectivity index (χ3v) is 5.51. The van der Waals surface area contributed by atoms with E-state index < -0.39 is 5.97 Å². The molecule has 1 fully saturated rings. The first-order chi connectivity index (χ1) is 13.5. The molecule has 1 saturated heterocycles. The fraction of sp³-hybridized carbons (Fsp3) is 0.450. The maximum Gasteiger partial charge on any atom is 0.325 e. The molecule has 0 radical (unpaired) electrons. The normalized spacial score (nSPS) is 15.2. The van der Waals surface area contributed by atoms with E-state index >= 15 is 0 Å². The number of hydrogen-bond acceptors (Lipinski definition) is 7. The van der Waals surface area contributed by atoms with E-state index in [1.165, 1.54) is 24.9 Å². The Labute approximate surface area is 175 Å². The van der Waals surface area contributed by atoms with Gasteiger partial charge in [0.05, 0.1) is 25.7 Å². The van der Waals surface area contributed by atoms with Crippen molar-refractivity contribution in [2.24, 2.45) is 0 Å². The van der Waals surface area contributed by atoms with Crippen molar-refractivity contribution in [3.63, 3.8) is 0 Å². The smallest absolute Gasteiger partial charge is 0.325 e. The number of esters is 1. The molecule has 2 rings (SSSR count). The topological polar surface area (TPSA) is 65.1 Å². The van der Waals surface area contributed by atoms with E-state index in [4.69, 9.17) is 21.7 Å². The summed E-state index contributed by atoms with van der Waals surface area (Å²) in [6.07, 6.45) is 6.26. The molecule has 0 unspecified atom stereocenters. The van der Waals surface area contributed by atoms with Crippen LogP contribution in [0.2, 0.25) is 0 Å². The fourth-order valence-electron chi connectivity index (χ4n) is 2.59. The van der Waals surface area contributed by atoms with Gasteiger partial charge in [0.15, 0.2) is 11.5 Å². The van der Waals surface area contributed by atoms with Crippen molar-refractivity contribution < 1.29 is 23.8 Å². The minimum absolute atomic E-state index is 0.188. The number of hydrogen-bond donors (Lipinski definition) is 0. The van der Waals surface area contributed by atoms with Gasteiger partial charge in [0.1, 0.15) is 10.9 Å². The molecule has 1 aromatic rings. The van der Waals surface area contributed by atoms with Gasteiger partial charge in [-0.15, -0.1) is 0 Å². The first-order valence-electron chi connectivity index (χ1n) is 9.13. The van der Waals surface area contributed by atoms with Crippen LogP contribution in [0, 0.1) is 0 Å². The van der Waals surface area contributed by atoms with E-state index in [-0.39, 0.29) is 12.5 Å². The molecule has 0 atom stereocenters. The highest BCUT2D eigenvalue weighted by molar-refractivity contribution is 8.26. The molecule has 28 heavy (non-hydrogen) atoms. The fourth-order valence-corrected chi connectivity index (χ4v) is 3.84. The van der Waals surface area contributed by atoms with E-state index in [0.29, 0.717) is 27.3 Å². The van der Waals surface area contributed by atoms with Gasteiger partial charge in [-0.3, -0.25) is 14.5 Å². The molecule has 1 aromatic carbocycles. The number of rotatable bonds is 10. The van der Waals surface area contributed by atoms with E-state index in [9.17, 15) is 9.59 Å². The number of benzene rings is 1. The number of unbranched alkanes of at least 4 members (excludes halogenated alkanes) is 3. The summed E-state index contributed by atoms with van der Waals surface area (Å²) in [5.74, 6) is 0.457. The number of nitrogens with zero attached hydrogens (tertiary/aromatic N) is 1. The Bertz CT molecular complexity index is 763. The van der Waals surface area contributed by atoms with Crippen LogP contribution < -0.4 is 9.47 Å². The number of thiocarbonyl (C=S) groups is 1. The van der Waals surface area contributed by atoms with Gasteiger partial charge in [-0.25, -0.2) is 0 Å². The second-order valence-electron chi connectivity index (χ2n) is 6.16. The van der Waals surface area contributed by atoms with Crippen LogP contribution in [0.1, 0.15) is 38.2 Å². The summed E-state index contributed by atoms with van der Waals surface area (Å²) in [5.41, 5.74) is 0.786. The molecule has 1 aliphatic heterocycles. The molecule has 0 bridgehead atoms. The van der Waals surface area contributed by atoms with Crippen LogP contribution in [0.4, 0.5) is 0 Å². The Morgan fingerprint density at radius 2 is 2.00 bits per heavy atom. The van der Waals surface area contributed by atoms with E-state index in [1.54, 1.807) is 13.2 Å². The van der Waals surface area contributed by atoms with Crippen LogP contribution in [0.3, 0.4) is 0 Å². The van der Waals surface area contributed by atoms with Gasteiger partial charge in [-0.05, 0) is 30.2 Å². The average molecular weight is 424 g/mol. The van der Waals surface area contributed by atoms with Gasteiger partial charge in [-0.2, -0.15) is 0 Å². The first kappa shape index (κ1) is 22.2. The highest BCUT2D eigenvalue weighted by Crippen LogP contribution is 2.34. The van der Waals surface area contributed by atoms with Crippen molar-refractivity contribution >= 4 is 46.3 Å². The minimum Gasteiger partial charge on any atom is -0.493 e. The summed E-state index contributed by atoms with van der Waals surface area (Å²) in [4.78, 5) is 25.6. The van der Waals surface area contributed by atoms with Crippen LogP contribution in [-0.4, -0.2) is 48.5 Å². The summed E-state index contributed by atoms with van der Waals surface area (Å²) in [6, 6.07) is 5.50. The zero-order chi connectivity index (χ0) is 20.5. The van der Waals surface area contributed by atoms with Crippen molar-refractivity contribution in [2.45, 2.75) is 32.6 Å². The van der Waals surface area contributed by atoms with Crippen molar-refractivity contribution in [3.05, 3.63) is 28.7 Å². The molecule has 0 aliphatic carbocycles. The standard InChI is InChI=1S/C20H25NO5S2/c1-4-5-6-7-10-26-15-9-8-14(11-16(15)24-2)12-17-19(23)21(20(27)28-17)13-18(22)25-3/h8-9,11-12H,4-7,10,13H2,1-3H3/b17-12-. The lowest BCUT2D eigenvalue weighted by molar-refractivity contribution is -0.143. The Balaban J connectivity index is 2.08. The number of ether oxygens (including phenoxy) is 3. The molecule has 152 valence electrons. The highest BCUT2D eigenvalue weighted by atomic mass is 32.2. The molecule has 0 spiro atoms. The van der Waals surface area contributed by atoms with Crippen LogP contribution >= 0.6 is 24.0 Å². The molecule has 6 nitrogen and oxygen atoms in total. The second kappa shape index (κ2) is 11.1. The maximum atomic E-state index is 12.5. The van der Waals surface area contributed by atoms with Crippen LogP contribution in [0.25, 0.3) is 6.08 Å². The molecular formula is C20H25NO5S2. The monoisotopic (exact) mass is 423 g/mol. The number of methoxy groups -OCH3 is 2. The molecule has 8 heteroatoms. The van der Waals surface area contributed by atoms with Gasteiger partial charge in [-0.1, -0.05) is 56.2 Å². The second-order valence-corrected chi connectivity index (χ2v) is 7.84. The van der Waals surface area contributed by atoms with Gasteiger partial charge in [0.25, 0.3) is 5.91 Å². The Hall–Kier alpha value is -2.06. The Morgan fingerprint density at radius 3 is 2.68 bits per heavy atom. The van der Waals surface area contributed by atoms with Crippen molar-refractivity contribution in [1.82, 2.24) is 4.90 Å². The van der Waals surface area contributed by atoms with E-state index in [1.807, 2.05) is 18.2 Å². The van der Waals surface area contributed by atoms with Crippen LogP contribution in [-0.2, 0) is 14.3 Å². The summed E-state index contributed by atoms with van der Waals surface area (Å²) >= 11 is 6.36. The largest absolute Gasteiger partial charge is 0.493 e. The maximum absolute atomic E-state index is 12.5. The number of carbonyl (C=O) groups is 2. The molecule has 0 aromatic heterocycles. The Kier molecular flexibility index (Phi) is 8.79. The first-order valence-corrected chi connectivity index (χ1v) is 10.4. The SMILES string of the molecule is CCCCCCOc1ccc(/C=C2\SC(=S)N(CC(=O)OC)C2=O)cc1OC. The van der Waals surface area contributed by atoms with Crippen LogP contribution in [0.15, 0.2) is 23.1 Å². The predicted octanol–water partition coefficient (Wildman–Crippen LogP) is 4.03. The lowest BCUT2D eigenvalue weighted by atomic mass is 10.1. The summed E-state index contributed by atoms with van der Waals surface area (Å²) in [5, 5.41) is 0. The van der Waals surface area contributed by atoms with Crippen molar-refractivity contribution in [2.75, 3.05) is 27.4 Å². The summed E-state index contributed by atoms with van der Waals surface area (Å²) < 4.78 is 16.2. The van der Waals surface area contributed by atoms with E-state index in [2.05, 4.69) is 11.7 Å². The lowest BCUT2D eigenvalue weighted by Crippen LogP contribution is -2.33. The highest BCUT2D eigenvalue weighted by Gasteiger charge is 2.33. The van der Waals surface area contributed by atoms with Gasteiger partial charge in [0.2, 0.25) is 0 Å². The number of amides is 1. The number of thioether (sulfide) groups is 1. The van der Waals surface area contributed by atoms with E-state index in [0.717, 1.165) is 30.2 Å². The third kappa shape index (κ3) is 5.97. The molecule has 0 N–H and O–H groups in total. The van der Waals surface area contributed by atoms with Crippen molar-refractivity contribution in [3.8, 4) is 11.5 Å². The summed E-state index contributed by atoms with van der Waals surface area (Å²) in [7, 11) is 2.86. The van der Waals surface area contributed by atoms with Crippen molar-refractivity contribution in [1.29, 1.82) is 0 Å². The minimum atomic E-state index is -0.514. The molecule has 0 saturated carbocycles. The van der Waals surface area contributed by atoms with Gasteiger partial charge < -0.3 is 14.2 Å².